The minimum absolute atomic E-state index is 0.103. The lowest BCUT2D eigenvalue weighted by Gasteiger charge is -2.24. The fraction of sp³-hybridized carbons (Fsp3) is 0.471. The summed E-state index contributed by atoms with van der Waals surface area (Å²) in [6.45, 7) is 1.55. The summed E-state index contributed by atoms with van der Waals surface area (Å²) in [7, 11) is 1.45. The second-order valence-electron chi connectivity index (χ2n) is 5.78. The zero-order valence-electron chi connectivity index (χ0n) is 13.7. The van der Waals surface area contributed by atoms with Crippen molar-refractivity contribution >= 4 is 11.9 Å². The summed E-state index contributed by atoms with van der Waals surface area (Å²) in [5, 5.41) is 17.9. The fourth-order valence-corrected chi connectivity index (χ4v) is 2.29. The molecule has 1 fully saturated rings. The van der Waals surface area contributed by atoms with E-state index in [-0.39, 0.29) is 25.1 Å². The third-order valence-electron chi connectivity index (χ3n) is 3.84. The van der Waals surface area contributed by atoms with Crippen molar-refractivity contribution < 1.29 is 24.2 Å². The Morgan fingerprint density at radius 1 is 1.42 bits per heavy atom. The van der Waals surface area contributed by atoms with Gasteiger partial charge in [-0.1, -0.05) is 6.92 Å². The highest BCUT2D eigenvalue weighted by Gasteiger charge is 2.34. The van der Waals surface area contributed by atoms with Gasteiger partial charge in [-0.25, -0.2) is 0 Å². The normalized spacial score (nSPS) is 14.4. The van der Waals surface area contributed by atoms with Crippen LogP contribution in [0.5, 0.6) is 11.5 Å². The van der Waals surface area contributed by atoms with Gasteiger partial charge in [0.05, 0.1) is 24.7 Å². The van der Waals surface area contributed by atoms with Gasteiger partial charge < -0.3 is 19.5 Å². The van der Waals surface area contributed by atoms with E-state index in [0.29, 0.717) is 17.1 Å². The Kier molecular flexibility index (Phi) is 5.64. The summed E-state index contributed by atoms with van der Waals surface area (Å²) in [5.41, 5.74) is 0.431. The smallest absolute Gasteiger partial charge is 0.308 e. The first-order chi connectivity index (χ1) is 11.5. The average Bonchev–Trinajstić information content (AvgIpc) is 3.41. The van der Waals surface area contributed by atoms with E-state index in [4.69, 9.17) is 19.8 Å². The van der Waals surface area contributed by atoms with Crippen LogP contribution >= 0.6 is 0 Å². The Morgan fingerprint density at radius 3 is 2.67 bits per heavy atom. The Bertz CT molecular complexity index is 663. The summed E-state index contributed by atoms with van der Waals surface area (Å²) >= 11 is 0. The highest BCUT2D eigenvalue weighted by atomic mass is 16.5. The molecule has 7 nitrogen and oxygen atoms in total. The molecule has 1 saturated carbocycles. The van der Waals surface area contributed by atoms with E-state index in [1.165, 1.54) is 13.2 Å². The summed E-state index contributed by atoms with van der Waals surface area (Å²) < 4.78 is 10.7. The van der Waals surface area contributed by atoms with Gasteiger partial charge in [-0.3, -0.25) is 9.59 Å². The largest absolute Gasteiger partial charge is 0.493 e. The maximum Gasteiger partial charge on any atom is 0.308 e. The van der Waals surface area contributed by atoms with Crippen molar-refractivity contribution in [2.75, 3.05) is 20.3 Å². The topological polar surface area (TPSA) is 99.9 Å². The molecule has 128 valence electrons. The second-order valence-corrected chi connectivity index (χ2v) is 5.78. The number of ether oxygens (including phenoxy) is 2. The van der Waals surface area contributed by atoms with E-state index < -0.39 is 11.9 Å². The fourth-order valence-electron chi connectivity index (χ4n) is 2.29. The van der Waals surface area contributed by atoms with Crippen LogP contribution in [0.1, 0.15) is 25.3 Å². The van der Waals surface area contributed by atoms with E-state index in [2.05, 4.69) is 0 Å². The molecule has 2 rings (SSSR count). The average molecular weight is 332 g/mol. The second kappa shape index (κ2) is 7.68. The summed E-state index contributed by atoms with van der Waals surface area (Å²) in [6, 6.07) is 6.79. The van der Waals surface area contributed by atoms with Crippen LogP contribution in [0.3, 0.4) is 0 Å². The zero-order valence-corrected chi connectivity index (χ0v) is 13.7. The van der Waals surface area contributed by atoms with Gasteiger partial charge in [0.2, 0.25) is 0 Å². The molecule has 0 aliphatic heterocycles. The van der Waals surface area contributed by atoms with Crippen molar-refractivity contribution in [1.29, 1.82) is 5.26 Å². The van der Waals surface area contributed by atoms with Crippen LogP contribution in [0.25, 0.3) is 0 Å². The molecular weight excluding hydrogens is 312 g/mol. The number of amides is 1. The number of methoxy groups -OCH3 is 1. The van der Waals surface area contributed by atoms with Crippen molar-refractivity contribution in [3.63, 3.8) is 0 Å². The van der Waals surface area contributed by atoms with E-state index in [1.54, 1.807) is 24.0 Å². The van der Waals surface area contributed by atoms with Crippen molar-refractivity contribution in [2.45, 2.75) is 25.8 Å². The Labute approximate surface area is 140 Å². The van der Waals surface area contributed by atoms with Gasteiger partial charge in [0.15, 0.2) is 18.1 Å². The highest BCUT2D eigenvalue weighted by molar-refractivity contribution is 5.79. The van der Waals surface area contributed by atoms with Gasteiger partial charge in [0, 0.05) is 18.7 Å². The molecule has 0 spiro atoms. The number of carbonyl (C=O) groups excluding carboxylic acids is 1. The first-order valence-corrected chi connectivity index (χ1v) is 7.69. The third-order valence-corrected chi connectivity index (χ3v) is 3.84. The molecule has 1 N–H and O–H groups in total. The maximum absolute atomic E-state index is 12.4. The standard InChI is InChI=1S/C17H20N2O5/c1-11(17(21)22)9-19(13-4-5-13)16(20)10-24-14-6-3-12(8-18)7-15(14)23-2/h3,6-7,11,13H,4-5,9-10H2,1-2H3,(H,21,22). The monoisotopic (exact) mass is 332 g/mol. The van der Waals surface area contributed by atoms with E-state index in [9.17, 15) is 9.59 Å². The van der Waals surface area contributed by atoms with Gasteiger partial charge in [-0.15, -0.1) is 0 Å². The van der Waals surface area contributed by atoms with Crippen molar-refractivity contribution in [3.05, 3.63) is 23.8 Å². The highest BCUT2D eigenvalue weighted by Crippen LogP contribution is 2.30. The number of nitriles is 1. The molecule has 0 aromatic heterocycles. The molecule has 1 aliphatic carbocycles. The number of aliphatic carboxylic acids is 1. The number of carboxylic acid groups (broad SMARTS) is 1. The molecule has 1 aromatic rings. The SMILES string of the molecule is COc1cc(C#N)ccc1OCC(=O)N(CC(C)C(=O)O)C1CC1. The number of rotatable bonds is 8. The molecule has 0 radical (unpaired) electrons. The number of benzene rings is 1. The van der Waals surface area contributed by atoms with Gasteiger partial charge in [0.1, 0.15) is 0 Å². The molecule has 24 heavy (non-hydrogen) atoms. The third kappa shape index (κ3) is 4.38. The van der Waals surface area contributed by atoms with Crippen LogP contribution in [0, 0.1) is 17.2 Å². The minimum atomic E-state index is -0.928. The van der Waals surface area contributed by atoms with Gasteiger partial charge in [-0.05, 0) is 25.0 Å². The Hall–Kier alpha value is -2.75. The molecule has 1 atom stereocenters. The molecule has 1 aromatic carbocycles. The molecule has 0 saturated heterocycles. The van der Waals surface area contributed by atoms with Gasteiger partial charge in [-0.2, -0.15) is 5.26 Å². The lowest BCUT2D eigenvalue weighted by atomic mass is 10.1. The molecule has 7 heteroatoms. The Morgan fingerprint density at radius 2 is 2.12 bits per heavy atom. The molecule has 1 unspecified atom stereocenters. The van der Waals surface area contributed by atoms with E-state index in [1.807, 2.05) is 6.07 Å². The summed E-state index contributed by atoms with van der Waals surface area (Å²) in [6.07, 6.45) is 1.77. The molecule has 1 aliphatic rings. The molecule has 0 heterocycles. The lowest BCUT2D eigenvalue weighted by molar-refractivity contribution is -0.143. The number of nitrogens with zero attached hydrogens (tertiary/aromatic N) is 2. The lowest BCUT2D eigenvalue weighted by Crippen LogP contribution is -2.41. The number of carboxylic acids is 1. The first-order valence-electron chi connectivity index (χ1n) is 7.69. The van der Waals surface area contributed by atoms with Crippen LogP contribution in [0.2, 0.25) is 0 Å². The summed E-state index contributed by atoms with van der Waals surface area (Å²) in [4.78, 5) is 25.0. The van der Waals surface area contributed by atoms with Gasteiger partial charge in [0.25, 0.3) is 5.91 Å². The predicted molar refractivity (Wildman–Crippen MR) is 84.7 cm³/mol. The van der Waals surface area contributed by atoms with Crippen LogP contribution in [0.4, 0.5) is 0 Å². The molecule has 0 bridgehead atoms. The molecule has 1 amide bonds. The maximum atomic E-state index is 12.4. The zero-order chi connectivity index (χ0) is 17.7. The predicted octanol–water partition coefficient (Wildman–Crippen LogP) is 1.66. The van der Waals surface area contributed by atoms with Crippen LogP contribution in [-0.2, 0) is 9.59 Å². The van der Waals surface area contributed by atoms with Crippen LogP contribution in [0.15, 0.2) is 18.2 Å². The summed E-state index contributed by atoms with van der Waals surface area (Å²) in [5.74, 6) is -1.07. The quantitative estimate of drug-likeness (QED) is 0.777. The van der Waals surface area contributed by atoms with Gasteiger partial charge >= 0.3 is 5.97 Å². The minimum Gasteiger partial charge on any atom is -0.493 e. The van der Waals surface area contributed by atoms with Crippen LogP contribution < -0.4 is 9.47 Å². The van der Waals surface area contributed by atoms with E-state index in [0.717, 1.165) is 12.8 Å². The Balaban J connectivity index is 2.00. The first kappa shape index (κ1) is 17.6. The van der Waals surface area contributed by atoms with Crippen molar-refractivity contribution in [1.82, 2.24) is 4.90 Å². The van der Waals surface area contributed by atoms with Crippen molar-refractivity contribution in [3.8, 4) is 17.6 Å². The van der Waals surface area contributed by atoms with Crippen LogP contribution in [-0.4, -0.2) is 48.2 Å². The number of hydrogen-bond acceptors (Lipinski definition) is 5. The number of hydrogen-bond donors (Lipinski definition) is 1. The number of carbonyl (C=O) groups is 2. The molecular formula is C17H20N2O5. The van der Waals surface area contributed by atoms with Crippen molar-refractivity contribution in [2.24, 2.45) is 5.92 Å². The van der Waals surface area contributed by atoms with E-state index >= 15 is 0 Å².